The molecule has 2 aromatic heterocycles. The molecule has 0 radical (unpaired) electrons. The molecule has 0 saturated carbocycles. The predicted octanol–water partition coefficient (Wildman–Crippen LogP) is 5.10. The zero-order chi connectivity index (χ0) is 21.5. The number of benzene rings is 1. The second-order valence-corrected chi connectivity index (χ2v) is 8.60. The molecule has 1 aromatic carbocycles. The maximum atomic E-state index is 13.9. The van der Waals surface area contributed by atoms with E-state index in [1.54, 1.807) is 24.3 Å². The Labute approximate surface area is 175 Å². The molecular formula is C23H26FN3O3. The van der Waals surface area contributed by atoms with Crippen LogP contribution in [-0.2, 0) is 4.74 Å². The van der Waals surface area contributed by atoms with Crippen molar-refractivity contribution in [3.05, 3.63) is 48.0 Å². The minimum Gasteiger partial charge on any atom is -0.496 e. The van der Waals surface area contributed by atoms with Crippen molar-refractivity contribution in [1.82, 2.24) is 14.9 Å². The number of aromatic nitrogens is 2. The van der Waals surface area contributed by atoms with Crippen molar-refractivity contribution >= 4 is 17.1 Å². The number of carbonyl (C=O) groups excluding carboxylic acids is 1. The van der Waals surface area contributed by atoms with Crippen LogP contribution >= 0.6 is 0 Å². The summed E-state index contributed by atoms with van der Waals surface area (Å²) in [6.07, 6.45) is 2.25. The summed E-state index contributed by atoms with van der Waals surface area (Å²) < 4.78 is 24.9. The van der Waals surface area contributed by atoms with Gasteiger partial charge < -0.3 is 19.4 Å². The predicted molar refractivity (Wildman–Crippen MR) is 113 cm³/mol. The van der Waals surface area contributed by atoms with E-state index in [1.807, 2.05) is 32.9 Å². The zero-order valence-corrected chi connectivity index (χ0v) is 17.7. The average molecular weight is 411 g/mol. The molecule has 30 heavy (non-hydrogen) atoms. The van der Waals surface area contributed by atoms with E-state index in [-0.39, 0.29) is 17.8 Å². The van der Waals surface area contributed by atoms with Gasteiger partial charge in [-0.2, -0.15) is 0 Å². The molecule has 3 aromatic rings. The lowest BCUT2D eigenvalue weighted by Crippen LogP contribution is -2.35. The van der Waals surface area contributed by atoms with Gasteiger partial charge >= 0.3 is 6.09 Å². The Balaban J connectivity index is 1.64. The number of nitrogens with zero attached hydrogens (tertiary/aromatic N) is 2. The van der Waals surface area contributed by atoms with E-state index in [0.717, 1.165) is 28.7 Å². The number of pyridine rings is 1. The summed E-state index contributed by atoms with van der Waals surface area (Å²) in [4.78, 5) is 22.0. The second-order valence-electron chi connectivity index (χ2n) is 8.60. The smallest absolute Gasteiger partial charge is 0.410 e. The largest absolute Gasteiger partial charge is 0.496 e. The average Bonchev–Trinajstić information content (AvgIpc) is 3.33. The molecule has 4 rings (SSSR count). The van der Waals surface area contributed by atoms with E-state index >= 15 is 0 Å². The SMILES string of the molecule is COc1ccc(F)cc1-c1ccnc2[nH]c(C3CCN(C(=O)OC(C)(C)C)C3)cc12. The van der Waals surface area contributed by atoms with Crippen LogP contribution in [0.25, 0.3) is 22.2 Å². The third-order valence-corrected chi connectivity index (χ3v) is 5.28. The van der Waals surface area contributed by atoms with Gasteiger partial charge in [0.2, 0.25) is 0 Å². The molecule has 0 spiro atoms. The number of nitrogens with one attached hydrogen (secondary N) is 1. The first-order chi connectivity index (χ1) is 14.2. The van der Waals surface area contributed by atoms with Gasteiger partial charge in [-0.1, -0.05) is 0 Å². The summed E-state index contributed by atoms with van der Waals surface area (Å²) in [6.45, 7) is 6.82. The Bertz CT molecular complexity index is 1090. The van der Waals surface area contributed by atoms with Crippen LogP contribution in [0.4, 0.5) is 9.18 Å². The van der Waals surface area contributed by atoms with Crippen LogP contribution in [0.2, 0.25) is 0 Å². The number of hydrogen-bond acceptors (Lipinski definition) is 4. The lowest BCUT2D eigenvalue weighted by molar-refractivity contribution is 0.0292. The molecule has 1 amide bonds. The van der Waals surface area contributed by atoms with E-state index in [9.17, 15) is 9.18 Å². The standard InChI is InChI=1S/C23H26FN3O3/c1-23(2,3)30-22(28)27-10-8-14(13-27)19-12-18-16(7-9-25-21(18)26-19)17-11-15(24)5-6-20(17)29-4/h5-7,9,11-12,14H,8,10,13H2,1-4H3,(H,25,26). The minimum atomic E-state index is -0.515. The Morgan fingerprint density at radius 1 is 1.23 bits per heavy atom. The van der Waals surface area contributed by atoms with E-state index in [4.69, 9.17) is 9.47 Å². The van der Waals surface area contributed by atoms with E-state index < -0.39 is 5.60 Å². The van der Waals surface area contributed by atoms with Crippen LogP contribution in [0.15, 0.2) is 36.5 Å². The number of carbonyl (C=O) groups is 1. The number of aromatic amines is 1. The van der Waals surface area contributed by atoms with Crippen molar-refractivity contribution < 1.29 is 18.7 Å². The maximum absolute atomic E-state index is 13.9. The molecule has 0 aliphatic carbocycles. The monoisotopic (exact) mass is 411 g/mol. The first kappa shape index (κ1) is 20.2. The third-order valence-electron chi connectivity index (χ3n) is 5.28. The van der Waals surface area contributed by atoms with Crippen LogP contribution < -0.4 is 4.74 Å². The number of fused-ring (bicyclic) bond motifs is 1. The Hall–Kier alpha value is -3.09. The summed E-state index contributed by atoms with van der Waals surface area (Å²) >= 11 is 0. The number of ether oxygens (including phenoxy) is 2. The lowest BCUT2D eigenvalue weighted by Gasteiger charge is -2.24. The Morgan fingerprint density at radius 3 is 2.77 bits per heavy atom. The number of hydrogen-bond donors (Lipinski definition) is 1. The molecule has 158 valence electrons. The molecule has 1 saturated heterocycles. The number of H-pyrrole nitrogens is 1. The Morgan fingerprint density at radius 2 is 2.03 bits per heavy atom. The molecule has 1 aliphatic rings. The van der Waals surface area contributed by atoms with E-state index in [0.29, 0.717) is 24.4 Å². The zero-order valence-electron chi connectivity index (χ0n) is 17.7. The van der Waals surface area contributed by atoms with Crippen molar-refractivity contribution in [2.75, 3.05) is 20.2 Å². The summed E-state index contributed by atoms with van der Waals surface area (Å²) in [6, 6.07) is 8.39. The highest BCUT2D eigenvalue weighted by Crippen LogP contribution is 2.37. The third kappa shape index (κ3) is 3.97. The fraction of sp³-hybridized carbons (Fsp3) is 0.391. The van der Waals surface area contributed by atoms with Gasteiger partial charge in [0.25, 0.3) is 0 Å². The van der Waals surface area contributed by atoms with Gasteiger partial charge in [0.15, 0.2) is 0 Å². The normalized spacial score (nSPS) is 16.8. The molecule has 1 fully saturated rings. The van der Waals surface area contributed by atoms with Crippen LogP contribution in [0, 0.1) is 5.82 Å². The molecule has 6 nitrogen and oxygen atoms in total. The summed E-state index contributed by atoms with van der Waals surface area (Å²) in [5.41, 5.74) is 2.74. The van der Waals surface area contributed by atoms with Gasteiger partial charge in [0.05, 0.1) is 7.11 Å². The van der Waals surface area contributed by atoms with Gasteiger partial charge in [-0.25, -0.2) is 14.2 Å². The molecule has 3 heterocycles. The number of rotatable bonds is 3. The molecule has 1 aliphatic heterocycles. The highest BCUT2D eigenvalue weighted by atomic mass is 19.1. The summed E-state index contributed by atoms with van der Waals surface area (Å²) in [7, 11) is 1.57. The van der Waals surface area contributed by atoms with Crippen LogP contribution in [0.3, 0.4) is 0 Å². The van der Waals surface area contributed by atoms with Gasteiger partial charge in [-0.05, 0) is 63.1 Å². The van der Waals surface area contributed by atoms with Crippen molar-refractivity contribution in [1.29, 1.82) is 0 Å². The molecule has 7 heteroatoms. The van der Waals surface area contributed by atoms with Crippen LogP contribution in [0.5, 0.6) is 5.75 Å². The van der Waals surface area contributed by atoms with Crippen molar-refractivity contribution in [3.8, 4) is 16.9 Å². The summed E-state index contributed by atoms with van der Waals surface area (Å²) in [5, 5.41) is 0.895. The molecule has 1 unspecified atom stereocenters. The second kappa shape index (κ2) is 7.63. The number of amides is 1. The van der Waals surface area contributed by atoms with Crippen LogP contribution in [-0.4, -0.2) is 46.8 Å². The van der Waals surface area contributed by atoms with Gasteiger partial charge in [-0.3, -0.25) is 0 Å². The molecule has 0 bridgehead atoms. The summed E-state index contributed by atoms with van der Waals surface area (Å²) in [5.74, 6) is 0.438. The molecule has 1 N–H and O–H groups in total. The van der Waals surface area contributed by atoms with Gasteiger partial charge in [-0.15, -0.1) is 0 Å². The Kier molecular flexibility index (Phi) is 5.13. The highest BCUT2D eigenvalue weighted by Gasteiger charge is 2.31. The van der Waals surface area contributed by atoms with Gasteiger partial charge in [0.1, 0.15) is 22.8 Å². The first-order valence-corrected chi connectivity index (χ1v) is 10.0. The van der Waals surface area contributed by atoms with Crippen molar-refractivity contribution in [3.63, 3.8) is 0 Å². The van der Waals surface area contributed by atoms with Gasteiger partial charge in [0, 0.05) is 41.8 Å². The highest BCUT2D eigenvalue weighted by molar-refractivity contribution is 5.95. The number of methoxy groups -OCH3 is 1. The lowest BCUT2D eigenvalue weighted by atomic mass is 10.0. The first-order valence-electron chi connectivity index (χ1n) is 10.0. The van der Waals surface area contributed by atoms with Crippen LogP contribution in [0.1, 0.15) is 38.8 Å². The molecular weight excluding hydrogens is 385 g/mol. The van der Waals surface area contributed by atoms with E-state index in [2.05, 4.69) is 9.97 Å². The topological polar surface area (TPSA) is 67.5 Å². The minimum absolute atomic E-state index is 0.161. The number of likely N-dealkylation sites (tertiary alicyclic amines) is 1. The van der Waals surface area contributed by atoms with Crippen molar-refractivity contribution in [2.24, 2.45) is 0 Å². The molecule has 1 atom stereocenters. The van der Waals surface area contributed by atoms with E-state index in [1.165, 1.54) is 12.1 Å². The van der Waals surface area contributed by atoms with Crippen molar-refractivity contribution in [2.45, 2.75) is 38.7 Å². The maximum Gasteiger partial charge on any atom is 0.410 e. The quantitative estimate of drug-likeness (QED) is 0.651. The number of halogens is 1. The fourth-order valence-electron chi connectivity index (χ4n) is 3.90. The fourth-order valence-corrected chi connectivity index (χ4v) is 3.90.